The molecule has 0 spiro atoms. The van der Waals surface area contributed by atoms with Crippen molar-refractivity contribution < 1.29 is 22.4 Å². The normalized spacial score (nSPS) is 12.2. The van der Waals surface area contributed by atoms with E-state index in [2.05, 4.69) is 5.32 Å². The minimum atomic E-state index is -3.97. The molecule has 0 saturated heterocycles. The fourth-order valence-corrected chi connectivity index (χ4v) is 4.86. The number of benzene rings is 2. The highest BCUT2D eigenvalue weighted by molar-refractivity contribution is 7.92. The highest BCUT2D eigenvalue weighted by atomic mass is 35.5. The Morgan fingerprint density at radius 2 is 1.74 bits per heavy atom. The quantitative estimate of drug-likeness (QED) is 0.420. The second-order valence-corrected chi connectivity index (χ2v) is 11.0. The zero-order valence-corrected chi connectivity index (χ0v) is 22.6. The molecule has 0 fully saturated rings. The van der Waals surface area contributed by atoms with Gasteiger partial charge >= 0.3 is 0 Å². The molecule has 0 aliphatic heterocycles. The minimum absolute atomic E-state index is 0.0141. The molecule has 0 aliphatic rings. The van der Waals surface area contributed by atoms with E-state index in [1.54, 1.807) is 19.1 Å². The molecule has 12 heteroatoms. The first-order chi connectivity index (χ1) is 16.4. The molecular formula is C23H27Cl3FN3O4S. The van der Waals surface area contributed by atoms with Crippen LogP contribution in [0.15, 0.2) is 36.4 Å². The van der Waals surface area contributed by atoms with Crippen LogP contribution in [-0.4, -0.2) is 50.5 Å². The number of halogens is 4. The Kier molecular flexibility index (Phi) is 10.6. The lowest BCUT2D eigenvalue weighted by atomic mass is 10.1. The van der Waals surface area contributed by atoms with Crippen LogP contribution in [0.1, 0.15) is 32.3 Å². The molecule has 0 bridgehead atoms. The SMILES string of the molecule is CCCNC(=O)[C@@H](CC)N(Cc1ccc(Cl)cc1Cl)C(=O)CN(c1ccc(F)c(Cl)c1)S(C)(=O)=O. The summed E-state index contributed by atoms with van der Waals surface area (Å²) in [6.07, 6.45) is 1.89. The van der Waals surface area contributed by atoms with E-state index in [4.69, 9.17) is 34.8 Å². The molecule has 0 heterocycles. The van der Waals surface area contributed by atoms with E-state index < -0.39 is 34.3 Å². The van der Waals surface area contributed by atoms with Gasteiger partial charge in [0, 0.05) is 23.1 Å². The number of carbonyl (C=O) groups is 2. The van der Waals surface area contributed by atoms with Gasteiger partial charge in [-0.1, -0.05) is 54.7 Å². The summed E-state index contributed by atoms with van der Waals surface area (Å²) in [5, 5.41) is 3.19. The molecule has 7 nitrogen and oxygen atoms in total. The number of nitrogens with zero attached hydrogens (tertiary/aromatic N) is 2. The third kappa shape index (κ3) is 7.96. The number of anilines is 1. The van der Waals surface area contributed by atoms with Crippen LogP contribution in [0.5, 0.6) is 0 Å². The third-order valence-corrected chi connectivity index (χ3v) is 7.18. The van der Waals surface area contributed by atoms with Crippen molar-refractivity contribution in [3.63, 3.8) is 0 Å². The predicted molar refractivity (Wildman–Crippen MR) is 138 cm³/mol. The van der Waals surface area contributed by atoms with Crippen molar-refractivity contribution in [1.29, 1.82) is 0 Å². The largest absolute Gasteiger partial charge is 0.354 e. The molecule has 0 radical (unpaired) electrons. The summed E-state index contributed by atoms with van der Waals surface area (Å²) < 4.78 is 39.6. The van der Waals surface area contributed by atoms with Crippen molar-refractivity contribution in [2.75, 3.05) is 23.7 Å². The maximum absolute atomic E-state index is 13.7. The first kappa shape index (κ1) is 29.2. The zero-order chi connectivity index (χ0) is 26.3. The van der Waals surface area contributed by atoms with Gasteiger partial charge in [0.2, 0.25) is 21.8 Å². The van der Waals surface area contributed by atoms with Crippen LogP contribution < -0.4 is 9.62 Å². The summed E-state index contributed by atoms with van der Waals surface area (Å²) in [7, 11) is -3.97. The topological polar surface area (TPSA) is 86.8 Å². The van der Waals surface area contributed by atoms with E-state index in [-0.39, 0.29) is 29.6 Å². The van der Waals surface area contributed by atoms with Crippen LogP contribution in [0.25, 0.3) is 0 Å². The average Bonchev–Trinajstić information content (AvgIpc) is 2.78. The molecule has 192 valence electrons. The predicted octanol–water partition coefficient (Wildman–Crippen LogP) is 4.89. The lowest BCUT2D eigenvalue weighted by molar-refractivity contribution is -0.140. The number of rotatable bonds is 11. The molecule has 2 aromatic rings. The molecular weight excluding hydrogens is 540 g/mol. The van der Waals surface area contributed by atoms with Crippen molar-refractivity contribution in [2.24, 2.45) is 0 Å². The summed E-state index contributed by atoms with van der Waals surface area (Å²) in [4.78, 5) is 27.7. The monoisotopic (exact) mass is 565 g/mol. The number of amides is 2. The van der Waals surface area contributed by atoms with Gasteiger partial charge in [-0.25, -0.2) is 12.8 Å². The van der Waals surface area contributed by atoms with E-state index in [0.717, 1.165) is 22.7 Å². The highest BCUT2D eigenvalue weighted by Gasteiger charge is 2.32. The van der Waals surface area contributed by atoms with Gasteiger partial charge in [0.25, 0.3) is 0 Å². The van der Waals surface area contributed by atoms with Crippen LogP contribution >= 0.6 is 34.8 Å². The standard InChI is InChI=1S/C23H27Cl3FN3O4S/c1-4-10-28-23(32)21(5-2)29(13-15-6-7-16(24)11-18(15)25)22(31)14-30(35(3,33)34)17-8-9-20(27)19(26)12-17/h6-9,11-12,21H,4-5,10,13-14H2,1-3H3,(H,28,32)/t21-/m1/s1. The Hall–Kier alpha value is -2.07. The smallest absolute Gasteiger partial charge is 0.244 e. The molecule has 1 atom stereocenters. The lowest BCUT2D eigenvalue weighted by Crippen LogP contribution is -2.52. The van der Waals surface area contributed by atoms with E-state index in [1.165, 1.54) is 17.0 Å². The molecule has 0 aromatic heterocycles. The van der Waals surface area contributed by atoms with E-state index in [9.17, 15) is 22.4 Å². The maximum Gasteiger partial charge on any atom is 0.244 e. The van der Waals surface area contributed by atoms with Gasteiger partial charge in [-0.2, -0.15) is 0 Å². The fourth-order valence-electron chi connectivity index (χ4n) is 3.37. The maximum atomic E-state index is 13.7. The summed E-state index contributed by atoms with van der Waals surface area (Å²) in [5.74, 6) is -1.75. The van der Waals surface area contributed by atoms with Gasteiger partial charge in [-0.3, -0.25) is 13.9 Å². The third-order valence-electron chi connectivity index (χ3n) is 5.16. The fraction of sp³-hybridized carbons (Fsp3) is 0.391. The molecule has 35 heavy (non-hydrogen) atoms. The minimum Gasteiger partial charge on any atom is -0.354 e. The zero-order valence-electron chi connectivity index (χ0n) is 19.5. The average molecular weight is 567 g/mol. The van der Waals surface area contributed by atoms with E-state index in [1.807, 2.05) is 6.92 Å². The molecule has 2 amide bonds. The molecule has 0 unspecified atom stereocenters. The first-order valence-corrected chi connectivity index (χ1v) is 13.8. The first-order valence-electron chi connectivity index (χ1n) is 10.8. The summed E-state index contributed by atoms with van der Waals surface area (Å²) in [6.45, 7) is 3.37. The van der Waals surface area contributed by atoms with Gasteiger partial charge in [0.15, 0.2) is 0 Å². The Labute approximate surface area is 220 Å². The Balaban J connectivity index is 2.48. The van der Waals surface area contributed by atoms with E-state index in [0.29, 0.717) is 28.6 Å². The van der Waals surface area contributed by atoms with Gasteiger partial charge in [0.1, 0.15) is 18.4 Å². The van der Waals surface area contributed by atoms with Crippen molar-refractivity contribution in [3.8, 4) is 0 Å². The highest BCUT2D eigenvalue weighted by Crippen LogP contribution is 2.26. The number of carbonyl (C=O) groups excluding carboxylic acids is 2. The summed E-state index contributed by atoms with van der Waals surface area (Å²) in [6, 6.07) is 7.21. The molecule has 0 saturated carbocycles. The lowest BCUT2D eigenvalue weighted by Gasteiger charge is -2.33. The second kappa shape index (κ2) is 12.8. The number of sulfonamides is 1. The van der Waals surface area contributed by atoms with Crippen LogP contribution in [0.3, 0.4) is 0 Å². The molecule has 1 N–H and O–H groups in total. The Bertz CT molecular complexity index is 1180. The van der Waals surface area contributed by atoms with Crippen LogP contribution in [0.2, 0.25) is 15.1 Å². The van der Waals surface area contributed by atoms with Gasteiger partial charge in [-0.15, -0.1) is 0 Å². The van der Waals surface area contributed by atoms with Crippen LogP contribution in [0.4, 0.5) is 10.1 Å². The van der Waals surface area contributed by atoms with Crippen molar-refractivity contribution in [2.45, 2.75) is 39.3 Å². The number of nitrogens with one attached hydrogen (secondary N) is 1. The second-order valence-electron chi connectivity index (χ2n) is 7.84. The van der Waals surface area contributed by atoms with Gasteiger partial charge in [0.05, 0.1) is 17.0 Å². The summed E-state index contributed by atoms with van der Waals surface area (Å²) >= 11 is 18.1. The number of hydrogen-bond donors (Lipinski definition) is 1. The molecule has 2 rings (SSSR count). The van der Waals surface area contributed by atoms with E-state index >= 15 is 0 Å². The number of hydrogen-bond acceptors (Lipinski definition) is 4. The van der Waals surface area contributed by atoms with Crippen molar-refractivity contribution in [1.82, 2.24) is 10.2 Å². The van der Waals surface area contributed by atoms with Crippen molar-refractivity contribution >= 4 is 62.3 Å². The van der Waals surface area contributed by atoms with Crippen LogP contribution in [-0.2, 0) is 26.2 Å². The van der Waals surface area contributed by atoms with Gasteiger partial charge in [-0.05, 0) is 48.7 Å². The van der Waals surface area contributed by atoms with Crippen LogP contribution in [0, 0.1) is 5.82 Å². The molecule has 0 aliphatic carbocycles. The van der Waals surface area contributed by atoms with Crippen molar-refractivity contribution in [3.05, 3.63) is 62.8 Å². The van der Waals surface area contributed by atoms with Gasteiger partial charge < -0.3 is 10.2 Å². The molecule has 2 aromatic carbocycles. The Morgan fingerprint density at radius 3 is 2.29 bits per heavy atom. The summed E-state index contributed by atoms with van der Waals surface area (Å²) in [5.41, 5.74) is 0.544. The Morgan fingerprint density at radius 1 is 1.06 bits per heavy atom.